The Bertz CT molecular complexity index is 579. The summed E-state index contributed by atoms with van der Waals surface area (Å²) in [6.07, 6.45) is -4.10. The molecule has 1 saturated heterocycles. The zero-order valence-electron chi connectivity index (χ0n) is 9.69. The summed E-state index contributed by atoms with van der Waals surface area (Å²) in [5.41, 5.74) is -1.21. The predicted octanol–water partition coefficient (Wildman–Crippen LogP) is 1.70. The molecule has 0 spiro atoms. The van der Waals surface area contributed by atoms with Crippen LogP contribution in [0.5, 0.6) is 0 Å². The van der Waals surface area contributed by atoms with Crippen LogP contribution in [0.3, 0.4) is 0 Å². The summed E-state index contributed by atoms with van der Waals surface area (Å²) >= 11 is 2.68. The van der Waals surface area contributed by atoms with E-state index in [1.54, 1.807) is 0 Å². The minimum absolute atomic E-state index is 0.243. The third-order valence-corrected chi connectivity index (χ3v) is 3.30. The molecule has 0 aliphatic carbocycles. The molecule has 1 atom stereocenters. The number of carbonyl (C=O) groups excluding carboxylic acids is 1. The van der Waals surface area contributed by atoms with Crippen LogP contribution in [0.4, 0.5) is 19.1 Å². The number of alkyl halides is 3. The largest absolute Gasteiger partial charge is 0.481 e. The topological polar surface area (TPSA) is 83.4 Å². The molecule has 6 nitrogen and oxygen atoms in total. The maximum Gasteiger partial charge on any atom is 0.434 e. The van der Waals surface area contributed by atoms with Crippen LogP contribution in [0.2, 0.25) is 0 Å². The van der Waals surface area contributed by atoms with E-state index in [0.717, 1.165) is 11.1 Å². The summed E-state index contributed by atoms with van der Waals surface area (Å²) in [7, 11) is 0. The lowest BCUT2D eigenvalue weighted by molar-refractivity contribution is -0.142. The van der Waals surface area contributed by atoms with E-state index in [9.17, 15) is 22.8 Å². The van der Waals surface area contributed by atoms with Crippen molar-refractivity contribution in [3.63, 3.8) is 0 Å². The van der Waals surface area contributed by atoms with Crippen molar-refractivity contribution in [1.29, 1.82) is 0 Å². The quantitative estimate of drug-likeness (QED) is 0.874. The maximum absolute atomic E-state index is 12.7. The van der Waals surface area contributed by atoms with Gasteiger partial charge in [0.1, 0.15) is 0 Å². The predicted molar refractivity (Wildman–Crippen MR) is 62.8 cm³/mol. The molecule has 1 unspecified atom stereocenters. The third kappa shape index (κ3) is 2.74. The highest BCUT2D eigenvalue weighted by atomic mass is 79.9. The van der Waals surface area contributed by atoms with Gasteiger partial charge in [-0.05, 0) is 15.9 Å². The van der Waals surface area contributed by atoms with Gasteiger partial charge >= 0.3 is 12.1 Å². The van der Waals surface area contributed by atoms with E-state index < -0.39 is 35.6 Å². The van der Waals surface area contributed by atoms with Crippen molar-refractivity contribution < 1.29 is 27.9 Å². The molecule has 0 aromatic carbocycles. The summed E-state index contributed by atoms with van der Waals surface area (Å²) in [6.45, 7) is -0.243. The zero-order chi connectivity index (χ0) is 15.1. The van der Waals surface area contributed by atoms with E-state index in [2.05, 4.69) is 25.9 Å². The summed E-state index contributed by atoms with van der Waals surface area (Å²) in [4.78, 5) is 30.2. The Kier molecular flexibility index (Phi) is 3.67. The van der Waals surface area contributed by atoms with Gasteiger partial charge in [0, 0.05) is 19.2 Å². The molecular formula is C10H7BrF3N3O3. The minimum Gasteiger partial charge on any atom is -0.481 e. The molecule has 1 aromatic heterocycles. The number of carboxylic acids is 1. The van der Waals surface area contributed by atoms with E-state index in [1.807, 2.05) is 0 Å². The van der Waals surface area contributed by atoms with Gasteiger partial charge in [-0.3, -0.25) is 14.5 Å². The fraction of sp³-hybridized carbons (Fsp3) is 0.400. The van der Waals surface area contributed by atoms with Crippen molar-refractivity contribution in [2.75, 3.05) is 11.4 Å². The summed E-state index contributed by atoms with van der Waals surface area (Å²) in [6, 6.07) is 0. The second-order valence-corrected chi connectivity index (χ2v) is 4.96. The Morgan fingerprint density at radius 3 is 2.65 bits per heavy atom. The van der Waals surface area contributed by atoms with Crippen LogP contribution in [0, 0.1) is 5.92 Å². The van der Waals surface area contributed by atoms with Crippen LogP contribution in [-0.2, 0) is 15.8 Å². The van der Waals surface area contributed by atoms with Crippen molar-refractivity contribution in [1.82, 2.24) is 9.97 Å². The summed E-state index contributed by atoms with van der Waals surface area (Å²) in [5.74, 6) is -3.22. The average molecular weight is 354 g/mol. The first-order valence-electron chi connectivity index (χ1n) is 5.33. The molecule has 1 aliphatic rings. The molecule has 1 aromatic rings. The van der Waals surface area contributed by atoms with Crippen LogP contribution < -0.4 is 4.90 Å². The van der Waals surface area contributed by atoms with Gasteiger partial charge in [0.05, 0.1) is 10.4 Å². The number of nitrogens with zero attached hydrogens (tertiary/aromatic N) is 3. The number of carbonyl (C=O) groups is 2. The van der Waals surface area contributed by atoms with Crippen molar-refractivity contribution in [3.05, 3.63) is 16.4 Å². The molecule has 0 radical (unpaired) electrons. The molecule has 2 rings (SSSR count). The number of hydrogen-bond donors (Lipinski definition) is 1. The summed E-state index contributed by atoms with van der Waals surface area (Å²) < 4.78 is 37.7. The number of aliphatic carboxylic acids is 1. The smallest absolute Gasteiger partial charge is 0.434 e. The van der Waals surface area contributed by atoms with Gasteiger partial charge in [0.25, 0.3) is 0 Å². The van der Waals surface area contributed by atoms with E-state index >= 15 is 0 Å². The molecule has 108 valence electrons. The van der Waals surface area contributed by atoms with Crippen molar-refractivity contribution in [3.8, 4) is 0 Å². The van der Waals surface area contributed by atoms with Crippen molar-refractivity contribution >= 4 is 33.8 Å². The average Bonchev–Trinajstić information content (AvgIpc) is 2.71. The van der Waals surface area contributed by atoms with Crippen LogP contribution in [0.25, 0.3) is 0 Å². The van der Waals surface area contributed by atoms with Gasteiger partial charge in [-0.1, -0.05) is 0 Å². The number of amides is 1. The molecule has 20 heavy (non-hydrogen) atoms. The van der Waals surface area contributed by atoms with E-state index in [1.165, 1.54) is 0 Å². The number of aromatic nitrogens is 2. The number of rotatable bonds is 2. The Hall–Kier alpha value is -1.71. The van der Waals surface area contributed by atoms with Crippen LogP contribution in [0.15, 0.2) is 10.7 Å². The lowest BCUT2D eigenvalue weighted by Crippen LogP contribution is -2.28. The highest BCUT2D eigenvalue weighted by Gasteiger charge is 2.39. The van der Waals surface area contributed by atoms with Gasteiger partial charge in [-0.15, -0.1) is 0 Å². The molecule has 1 fully saturated rings. The number of halogens is 4. The van der Waals surface area contributed by atoms with Gasteiger partial charge < -0.3 is 5.11 Å². The Labute approximate surface area is 118 Å². The Balaban J connectivity index is 2.35. The van der Waals surface area contributed by atoms with Gasteiger partial charge in [0.15, 0.2) is 5.69 Å². The van der Waals surface area contributed by atoms with E-state index in [-0.39, 0.29) is 17.4 Å². The Morgan fingerprint density at radius 1 is 1.50 bits per heavy atom. The number of hydrogen-bond acceptors (Lipinski definition) is 4. The van der Waals surface area contributed by atoms with Crippen LogP contribution in [-0.4, -0.2) is 33.5 Å². The normalized spacial score (nSPS) is 19.5. The first kappa shape index (κ1) is 14.7. The monoisotopic (exact) mass is 353 g/mol. The van der Waals surface area contributed by atoms with Gasteiger partial charge in [-0.2, -0.15) is 13.2 Å². The van der Waals surface area contributed by atoms with Crippen molar-refractivity contribution in [2.45, 2.75) is 12.6 Å². The number of carboxylic acid groups (broad SMARTS) is 1. The molecule has 1 N–H and O–H groups in total. The van der Waals surface area contributed by atoms with E-state index in [4.69, 9.17) is 5.11 Å². The van der Waals surface area contributed by atoms with Crippen molar-refractivity contribution in [2.24, 2.45) is 5.92 Å². The van der Waals surface area contributed by atoms with E-state index in [0.29, 0.717) is 0 Å². The minimum atomic E-state index is -4.70. The molecule has 10 heteroatoms. The van der Waals surface area contributed by atoms with Gasteiger partial charge in [0.2, 0.25) is 11.9 Å². The molecule has 1 aliphatic heterocycles. The molecule has 1 amide bonds. The third-order valence-electron chi connectivity index (χ3n) is 2.72. The van der Waals surface area contributed by atoms with Gasteiger partial charge in [-0.25, -0.2) is 9.97 Å². The first-order valence-corrected chi connectivity index (χ1v) is 6.12. The maximum atomic E-state index is 12.7. The second kappa shape index (κ2) is 5.00. The fourth-order valence-electron chi connectivity index (χ4n) is 1.75. The summed E-state index contributed by atoms with van der Waals surface area (Å²) in [5, 5.41) is 8.82. The Morgan fingerprint density at radius 2 is 2.15 bits per heavy atom. The molecular weight excluding hydrogens is 347 g/mol. The highest BCUT2D eigenvalue weighted by Crippen LogP contribution is 2.34. The SMILES string of the molecule is O=C(O)C1CC(=O)N(c2ncc(Br)c(C(F)(F)F)n2)C1. The van der Waals surface area contributed by atoms with Crippen LogP contribution in [0.1, 0.15) is 12.1 Å². The lowest BCUT2D eigenvalue weighted by Gasteiger charge is -2.16. The standard InChI is InChI=1S/C10H7BrF3N3O3/c11-5-2-15-9(16-7(5)10(12,13)14)17-3-4(8(19)20)1-6(17)18/h2,4H,1,3H2,(H,19,20). The zero-order valence-corrected chi connectivity index (χ0v) is 11.3. The second-order valence-electron chi connectivity index (χ2n) is 4.11. The lowest BCUT2D eigenvalue weighted by atomic mass is 10.1. The number of anilines is 1. The first-order chi connectivity index (χ1) is 9.20. The molecule has 0 bridgehead atoms. The van der Waals surface area contributed by atoms with Crippen LogP contribution >= 0.6 is 15.9 Å². The molecule has 0 saturated carbocycles. The molecule has 2 heterocycles. The highest BCUT2D eigenvalue weighted by molar-refractivity contribution is 9.10. The fourth-order valence-corrected chi connectivity index (χ4v) is 2.17.